The van der Waals surface area contributed by atoms with Crippen molar-refractivity contribution in [3.8, 4) is 0 Å². The molecule has 2 aliphatic heterocycles. The van der Waals surface area contributed by atoms with Crippen LogP contribution in [0.25, 0.3) is 0 Å². The van der Waals surface area contributed by atoms with E-state index >= 15 is 0 Å². The molecule has 17 heavy (non-hydrogen) atoms. The van der Waals surface area contributed by atoms with Crippen LogP contribution in [0.3, 0.4) is 0 Å². The van der Waals surface area contributed by atoms with Crippen molar-refractivity contribution in [1.82, 2.24) is 10.2 Å². The van der Waals surface area contributed by atoms with Crippen LogP contribution < -0.4 is 5.32 Å². The van der Waals surface area contributed by atoms with Crippen molar-refractivity contribution < 1.29 is 14.3 Å². The highest BCUT2D eigenvalue weighted by atomic mass is 16.5. The molecule has 0 aromatic heterocycles. The molecule has 0 aliphatic carbocycles. The van der Waals surface area contributed by atoms with Crippen molar-refractivity contribution in [2.24, 2.45) is 5.92 Å². The van der Waals surface area contributed by atoms with Gasteiger partial charge in [-0.25, -0.2) is 0 Å². The highest BCUT2D eigenvalue weighted by Gasteiger charge is 2.24. The fourth-order valence-electron chi connectivity index (χ4n) is 2.27. The molecule has 0 radical (unpaired) electrons. The summed E-state index contributed by atoms with van der Waals surface area (Å²) < 4.78 is 10.9. The number of hydrogen-bond acceptors (Lipinski definition) is 4. The molecule has 0 aromatic rings. The second-order valence-corrected chi connectivity index (χ2v) is 4.81. The molecule has 2 atom stereocenters. The summed E-state index contributed by atoms with van der Waals surface area (Å²) in [7, 11) is 0. The maximum atomic E-state index is 11.9. The van der Waals surface area contributed by atoms with E-state index in [1.165, 1.54) is 0 Å². The van der Waals surface area contributed by atoms with Crippen LogP contribution in [0.15, 0.2) is 0 Å². The van der Waals surface area contributed by atoms with Crippen LogP contribution in [0, 0.1) is 5.92 Å². The lowest BCUT2D eigenvalue weighted by Gasteiger charge is -2.31. The number of carbonyl (C=O) groups excluding carboxylic acids is 1. The predicted octanol–water partition coefficient (Wildman–Crippen LogP) is -0.140. The maximum absolute atomic E-state index is 11.9. The lowest BCUT2D eigenvalue weighted by Crippen LogP contribution is -2.45. The number of hydrogen-bond donors (Lipinski definition) is 1. The first-order valence-corrected chi connectivity index (χ1v) is 6.45. The van der Waals surface area contributed by atoms with Gasteiger partial charge in [-0.15, -0.1) is 0 Å². The van der Waals surface area contributed by atoms with E-state index in [4.69, 9.17) is 9.47 Å². The van der Waals surface area contributed by atoms with Gasteiger partial charge in [0.05, 0.1) is 19.3 Å². The zero-order chi connectivity index (χ0) is 12.1. The van der Waals surface area contributed by atoms with E-state index in [2.05, 4.69) is 12.2 Å². The summed E-state index contributed by atoms with van der Waals surface area (Å²) in [5.41, 5.74) is 0. The minimum atomic E-state index is 0.0890. The Morgan fingerprint density at radius 1 is 1.47 bits per heavy atom. The van der Waals surface area contributed by atoms with Crippen molar-refractivity contribution >= 4 is 5.91 Å². The molecule has 0 saturated carbocycles. The molecule has 2 saturated heterocycles. The molecule has 2 heterocycles. The number of ether oxygens (including phenoxy) is 2. The first-order chi connectivity index (χ1) is 8.27. The van der Waals surface area contributed by atoms with E-state index in [9.17, 15) is 4.79 Å². The van der Waals surface area contributed by atoms with Crippen molar-refractivity contribution in [3.05, 3.63) is 0 Å². The van der Waals surface area contributed by atoms with Crippen molar-refractivity contribution in [2.75, 3.05) is 46.0 Å². The van der Waals surface area contributed by atoms with Crippen LogP contribution >= 0.6 is 0 Å². The average Bonchev–Trinajstić information content (AvgIpc) is 2.38. The summed E-state index contributed by atoms with van der Waals surface area (Å²) in [5.74, 6) is 0.625. The molecule has 2 rings (SSSR count). The molecule has 2 aliphatic rings. The van der Waals surface area contributed by atoms with E-state index in [1.807, 2.05) is 4.90 Å². The molecule has 2 fully saturated rings. The molecule has 2 unspecified atom stereocenters. The Balaban J connectivity index is 1.71. The third kappa shape index (κ3) is 3.66. The Morgan fingerprint density at radius 2 is 2.24 bits per heavy atom. The van der Waals surface area contributed by atoms with Crippen molar-refractivity contribution in [1.29, 1.82) is 0 Å². The van der Waals surface area contributed by atoms with Gasteiger partial charge in [0, 0.05) is 19.6 Å². The number of nitrogens with zero attached hydrogens (tertiary/aromatic N) is 1. The summed E-state index contributed by atoms with van der Waals surface area (Å²) in [6, 6.07) is 0. The highest BCUT2D eigenvalue weighted by molar-refractivity contribution is 5.77. The number of morpholine rings is 1. The molecule has 1 N–H and O–H groups in total. The molecule has 5 heteroatoms. The maximum Gasteiger partial charge on any atom is 0.248 e. The van der Waals surface area contributed by atoms with Gasteiger partial charge in [0.25, 0.3) is 0 Å². The summed E-state index contributed by atoms with van der Waals surface area (Å²) in [6.45, 7) is 6.99. The summed E-state index contributed by atoms with van der Waals surface area (Å²) >= 11 is 0. The number of nitrogens with one attached hydrogen (secondary N) is 1. The van der Waals surface area contributed by atoms with Gasteiger partial charge in [-0.1, -0.05) is 6.92 Å². The minimum absolute atomic E-state index is 0.0890. The molecule has 0 bridgehead atoms. The Hall–Kier alpha value is -0.650. The first kappa shape index (κ1) is 12.8. The number of carbonyl (C=O) groups is 1. The lowest BCUT2D eigenvalue weighted by molar-refractivity contribution is -0.143. The Morgan fingerprint density at radius 3 is 2.94 bits per heavy atom. The zero-order valence-corrected chi connectivity index (χ0v) is 10.5. The van der Waals surface area contributed by atoms with Crippen LogP contribution in [0.2, 0.25) is 0 Å². The van der Waals surface area contributed by atoms with E-state index < -0.39 is 0 Å². The quantitative estimate of drug-likeness (QED) is 0.748. The molecule has 0 aromatic carbocycles. The molecule has 1 amide bonds. The van der Waals surface area contributed by atoms with Gasteiger partial charge in [-0.3, -0.25) is 4.79 Å². The topological polar surface area (TPSA) is 50.8 Å². The number of rotatable bonds is 3. The van der Waals surface area contributed by atoms with Gasteiger partial charge in [0.15, 0.2) is 0 Å². The molecular weight excluding hydrogens is 220 g/mol. The van der Waals surface area contributed by atoms with Gasteiger partial charge in [0.1, 0.15) is 6.61 Å². The normalized spacial score (nSPS) is 30.3. The number of piperidine rings is 1. The smallest absolute Gasteiger partial charge is 0.248 e. The Kier molecular flexibility index (Phi) is 4.76. The van der Waals surface area contributed by atoms with E-state index in [0.717, 1.165) is 19.5 Å². The average molecular weight is 242 g/mol. The Bertz CT molecular complexity index is 254. The van der Waals surface area contributed by atoms with Crippen molar-refractivity contribution in [2.45, 2.75) is 19.4 Å². The molecular formula is C12H22N2O3. The highest BCUT2D eigenvalue weighted by Crippen LogP contribution is 2.14. The van der Waals surface area contributed by atoms with E-state index in [-0.39, 0.29) is 18.6 Å². The van der Waals surface area contributed by atoms with Crippen LogP contribution in [0.5, 0.6) is 0 Å². The van der Waals surface area contributed by atoms with Gasteiger partial charge in [-0.05, 0) is 18.9 Å². The Labute approximate surface area is 102 Å². The second kappa shape index (κ2) is 6.33. The van der Waals surface area contributed by atoms with E-state index in [1.54, 1.807) is 0 Å². The fraction of sp³-hybridized carbons (Fsp3) is 0.917. The summed E-state index contributed by atoms with van der Waals surface area (Å²) in [6.07, 6.45) is 1.30. The second-order valence-electron chi connectivity index (χ2n) is 4.81. The van der Waals surface area contributed by atoms with Gasteiger partial charge < -0.3 is 19.7 Å². The molecule has 98 valence electrons. The number of amides is 1. The SMILES string of the molecule is CC1CCNCC1OCC(=O)N1CCOCC1. The minimum Gasteiger partial charge on any atom is -0.378 e. The molecule has 5 nitrogen and oxygen atoms in total. The third-order valence-electron chi connectivity index (χ3n) is 3.54. The predicted molar refractivity (Wildman–Crippen MR) is 63.8 cm³/mol. The van der Waals surface area contributed by atoms with Crippen LogP contribution in [0.1, 0.15) is 13.3 Å². The van der Waals surface area contributed by atoms with Gasteiger partial charge >= 0.3 is 0 Å². The summed E-state index contributed by atoms with van der Waals surface area (Å²) in [5, 5.41) is 3.30. The van der Waals surface area contributed by atoms with Crippen LogP contribution in [-0.2, 0) is 14.3 Å². The van der Waals surface area contributed by atoms with E-state index in [0.29, 0.717) is 32.2 Å². The zero-order valence-electron chi connectivity index (χ0n) is 10.5. The molecule has 0 spiro atoms. The van der Waals surface area contributed by atoms with Crippen LogP contribution in [-0.4, -0.2) is 62.9 Å². The monoisotopic (exact) mass is 242 g/mol. The standard InChI is InChI=1S/C12H22N2O3/c1-10-2-3-13-8-11(10)17-9-12(15)14-4-6-16-7-5-14/h10-11,13H,2-9H2,1H3. The fourth-order valence-corrected chi connectivity index (χ4v) is 2.27. The lowest BCUT2D eigenvalue weighted by atomic mass is 9.97. The van der Waals surface area contributed by atoms with Gasteiger partial charge in [-0.2, -0.15) is 0 Å². The van der Waals surface area contributed by atoms with Crippen LogP contribution in [0.4, 0.5) is 0 Å². The summed E-state index contributed by atoms with van der Waals surface area (Å²) in [4.78, 5) is 13.7. The first-order valence-electron chi connectivity index (χ1n) is 6.45. The van der Waals surface area contributed by atoms with Crippen molar-refractivity contribution in [3.63, 3.8) is 0 Å². The third-order valence-corrected chi connectivity index (χ3v) is 3.54. The largest absolute Gasteiger partial charge is 0.378 e. The van der Waals surface area contributed by atoms with Gasteiger partial charge in [0.2, 0.25) is 5.91 Å².